The van der Waals surface area contributed by atoms with E-state index >= 15 is 0 Å². The van der Waals surface area contributed by atoms with Gasteiger partial charge in [-0.3, -0.25) is 10.1 Å². The molecular weight excluding hydrogens is 359 g/mol. The first-order valence-electron chi connectivity index (χ1n) is 8.92. The van der Waals surface area contributed by atoms with Gasteiger partial charge in [0, 0.05) is 12.2 Å². The van der Waals surface area contributed by atoms with Gasteiger partial charge in [0.25, 0.3) is 0 Å². The normalized spacial score (nSPS) is 13.2. The van der Waals surface area contributed by atoms with Crippen molar-refractivity contribution in [1.82, 2.24) is 5.32 Å². The fourth-order valence-electron chi connectivity index (χ4n) is 3.03. The minimum Gasteiger partial charge on any atom is -0.454 e. The van der Waals surface area contributed by atoms with Crippen LogP contribution < -0.4 is 20.1 Å². The summed E-state index contributed by atoms with van der Waals surface area (Å²) in [7, 11) is 0. The molecule has 1 amide bonds. The lowest BCUT2D eigenvalue weighted by Crippen LogP contribution is -2.32. The lowest BCUT2D eigenvalue weighted by atomic mass is 10.1. The van der Waals surface area contributed by atoms with Gasteiger partial charge >= 0.3 is 0 Å². The Hall–Kier alpha value is -3.38. The van der Waals surface area contributed by atoms with Crippen LogP contribution >= 0.6 is 0 Å². The van der Waals surface area contributed by atoms with Crippen molar-refractivity contribution in [2.75, 3.05) is 12.1 Å². The molecule has 1 atom stereocenters. The van der Waals surface area contributed by atoms with Crippen LogP contribution in [0, 0.1) is 5.82 Å². The van der Waals surface area contributed by atoms with Crippen LogP contribution in [-0.2, 0) is 11.3 Å². The first-order valence-corrected chi connectivity index (χ1v) is 8.92. The fraction of sp³-hybridized carbons (Fsp3) is 0.136. The number of benzene rings is 3. The van der Waals surface area contributed by atoms with E-state index in [4.69, 9.17) is 9.47 Å². The molecule has 2 N–H and O–H groups in total. The maximum atomic E-state index is 13.1. The number of ether oxygens (including phenoxy) is 2. The molecule has 5 nitrogen and oxygen atoms in total. The number of amides is 1. The predicted octanol–water partition coefficient (Wildman–Crippen LogP) is 4.02. The molecule has 0 bridgehead atoms. The maximum Gasteiger partial charge on any atom is 0.246 e. The van der Waals surface area contributed by atoms with Gasteiger partial charge in [0.1, 0.15) is 11.9 Å². The molecule has 142 valence electrons. The summed E-state index contributed by atoms with van der Waals surface area (Å²) >= 11 is 0. The van der Waals surface area contributed by atoms with Gasteiger partial charge in [-0.1, -0.05) is 36.4 Å². The molecule has 1 heterocycles. The van der Waals surface area contributed by atoms with E-state index in [1.54, 1.807) is 0 Å². The van der Waals surface area contributed by atoms with Crippen LogP contribution in [0.2, 0.25) is 0 Å². The zero-order chi connectivity index (χ0) is 19.3. The van der Waals surface area contributed by atoms with Crippen LogP contribution in [0.4, 0.5) is 10.1 Å². The molecule has 3 aromatic carbocycles. The second-order valence-corrected chi connectivity index (χ2v) is 6.41. The Labute approximate surface area is 162 Å². The van der Waals surface area contributed by atoms with Crippen LogP contribution in [-0.4, -0.2) is 12.7 Å². The van der Waals surface area contributed by atoms with E-state index in [1.165, 1.54) is 24.3 Å². The van der Waals surface area contributed by atoms with Crippen LogP contribution in [0.15, 0.2) is 72.8 Å². The highest BCUT2D eigenvalue weighted by atomic mass is 19.1. The van der Waals surface area contributed by atoms with E-state index < -0.39 is 6.04 Å². The van der Waals surface area contributed by atoms with Crippen molar-refractivity contribution in [3.63, 3.8) is 0 Å². The topological polar surface area (TPSA) is 59.6 Å². The van der Waals surface area contributed by atoms with Gasteiger partial charge in [-0.25, -0.2) is 4.39 Å². The molecular formula is C22H19FN2O3. The Bertz CT molecular complexity index is 961. The zero-order valence-corrected chi connectivity index (χ0v) is 15.0. The highest BCUT2D eigenvalue weighted by molar-refractivity contribution is 5.95. The van der Waals surface area contributed by atoms with E-state index in [0.29, 0.717) is 18.0 Å². The van der Waals surface area contributed by atoms with E-state index in [0.717, 1.165) is 16.9 Å². The number of hydrogen-bond acceptors (Lipinski definition) is 4. The molecule has 1 aliphatic heterocycles. The van der Waals surface area contributed by atoms with Gasteiger partial charge in [0.05, 0.1) is 0 Å². The van der Waals surface area contributed by atoms with Crippen LogP contribution in [0.3, 0.4) is 0 Å². The molecule has 28 heavy (non-hydrogen) atoms. The quantitative estimate of drug-likeness (QED) is 0.680. The molecule has 3 aromatic rings. The number of carbonyl (C=O) groups is 1. The maximum absolute atomic E-state index is 13.1. The Balaban J connectivity index is 1.50. The third-order valence-electron chi connectivity index (χ3n) is 4.45. The summed E-state index contributed by atoms with van der Waals surface area (Å²) in [5.74, 6) is 0.848. The second kappa shape index (κ2) is 8.10. The summed E-state index contributed by atoms with van der Waals surface area (Å²) in [6, 6.07) is 20.3. The second-order valence-electron chi connectivity index (χ2n) is 6.41. The third-order valence-corrected chi connectivity index (χ3v) is 4.45. The van der Waals surface area contributed by atoms with E-state index in [2.05, 4.69) is 10.6 Å². The van der Waals surface area contributed by atoms with E-state index in [1.807, 2.05) is 48.5 Å². The highest BCUT2D eigenvalue weighted by Crippen LogP contribution is 2.32. The first kappa shape index (κ1) is 18.0. The molecule has 1 aliphatic rings. The number of anilines is 1. The van der Waals surface area contributed by atoms with E-state index in [9.17, 15) is 9.18 Å². The van der Waals surface area contributed by atoms with Gasteiger partial charge < -0.3 is 14.8 Å². The number of halogens is 1. The SMILES string of the molecule is O=C(Nc1ccc(F)cc1)[C@@H](NCc1ccc2c(c1)OCO2)c1ccccc1. The Morgan fingerprint density at radius 2 is 1.71 bits per heavy atom. The molecule has 0 saturated carbocycles. The van der Waals surface area contributed by atoms with Crippen molar-refractivity contribution >= 4 is 11.6 Å². The smallest absolute Gasteiger partial charge is 0.246 e. The standard InChI is InChI=1S/C22H19FN2O3/c23-17-7-9-18(10-8-17)25-22(26)21(16-4-2-1-3-5-16)24-13-15-6-11-19-20(12-15)28-14-27-19/h1-12,21,24H,13-14H2,(H,25,26)/t21-/m0/s1. The third kappa shape index (κ3) is 4.13. The summed E-state index contributed by atoms with van der Waals surface area (Å²) in [4.78, 5) is 12.9. The molecule has 6 heteroatoms. The average Bonchev–Trinajstić information content (AvgIpc) is 3.19. The molecule has 0 aromatic heterocycles. The van der Waals surface area contributed by atoms with Gasteiger partial charge in [0.15, 0.2) is 11.5 Å². The first-order chi connectivity index (χ1) is 13.7. The fourth-order valence-corrected chi connectivity index (χ4v) is 3.03. The summed E-state index contributed by atoms with van der Waals surface area (Å²) in [5, 5.41) is 6.13. The lowest BCUT2D eigenvalue weighted by Gasteiger charge is -2.19. The van der Waals surface area contributed by atoms with Gasteiger partial charge in [-0.05, 0) is 47.5 Å². The molecule has 4 rings (SSSR count). The predicted molar refractivity (Wildman–Crippen MR) is 104 cm³/mol. The van der Waals surface area contributed by atoms with Gasteiger partial charge in [0.2, 0.25) is 12.7 Å². The van der Waals surface area contributed by atoms with Crippen molar-refractivity contribution in [3.8, 4) is 11.5 Å². The number of fused-ring (bicyclic) bond motifs is 1. The average molecular weight is 378 g/mol. The molecule has 0 radical (unpaired) electrons. The van der Waals surface area contributed by atoms with Crippen molar-refractivity contribution in [2.24, 2.45) is 0 Å². The number of carbonyl (C=O) groups excluding carboxylic acids is 1. The monoisotopic (exact) mass is 378 g/mol. The highest BCUT2D eigenvalue weighted by Gasteiger charge is 2.21. The minimum absolute atomic E-state index is 0.221. The molecule has 0 spiro atoms. The summed E-state index contributed by atoms with van der Waals surface area (Å²) < 4.78 is 23.8. The lowest BCUT2D eigenvalue weighted by molar-refractivity contribution is -0.118. The van der Waals surface area contributed by atoms with Crippen LogP contribution in [0.25, 0.3) is 0 Å². The molecule has 0 saturated heterocycles. The van der Waals surface area contributed by atoms with Crippen molar-refractivity contribution in [2.45, 2.75) is 12.6 Å². The molecule has 0 fully saturated rings. The summed E-state index contributed by atoms with van der Waals surface area (Å²) in [6.07, 6.45) is 0. The minimum atomic E-state index is -0.573. The van der Waals surface area contributed by atoms with Crippen molar-refractivity contribution in [3.05, 3.63) is 89.7 Å². The summed E-state index contributed by atoms with van der Waals surface area (Å²) in [5.41, 5.74) is 2.35. The van der Waals surface area contributed by atoms with Crippen LogP contribution in [0.5, 0.6) is 11.5 Å². The van der Waals surface area contributed by atoms with Crippen molar-refractivity contribution in [1.29, 1.82) is 0 Å². The Kier molecular flexibility index (Phi) is 5.21. The largest absolute Gasteiger partial charge is 0.454 e. The Morgan fingerprint density at radius 1 is 0.964 bits per heavy atom. The Morgan fingerprint density at radius 3 is 2.50 bits per heavy atom. The van der Waals surface area contributed by atoms with Gasteiger partial charge in [-0.2, -0.15) is 0 Å². The zero-order valence-electron chi connectivity index (χ0n) is 15.0. The van der Waals surface area contributed by atoms with Crippen LogP contribution in [0.1, 0.15) is 17.2 Å². The van der Waals surface area contributed by atoms with E-state index in [-0.39, 0.29) is 18.5 Å². The van der Waals surface area contributed by atoms with Crippen molar-refractivity contribution < 1.29 is 18.7 Å². The molecule has 0 unspecified atom stereocenters. The number of nitrogens with one attached hydrogen (secondary N) is 2. The number of hydrogen-bond donors (Lipinski definition) is 2. The molecule has 0 aliphatic carbocycles. The van der Waals surface area contributed by atoms with Gasteiger partial charge in [-0.15, -0.1) is 0 Å². The summed E-state index contributed by atoms with van der Waals surface area (Å²) in [6.45, 7) is 0.686. The number of rotatable bonds is 6.